The molecule has 0 bridgehead atoms. The van der Waals surface area contributed by atoms with Crippen molar-refractivity contribution in [1.29, 1.82) is 0 Å². The molecule has 0 aliphatic heterocycles. The van der Waals surface area contributed by atoms with Crippen molar-refractivity contribution in [2.75, 3.05) is 16.4 Å². The molecule has 158 valence electrons. The molecule has 0 atom stereocenters. The molecule has 0 saturated heterocycles. The first kappa shape index (κ1) is 20.7. The fourth-order valence-electron chi connectivity index (χ4n) is 3.06. The summed E-state index contributed by atoms with van der Waals surface area (Å²) in [4.78, 5) is 25.2. The summed E-state index contributed by atoms with van der Waals surface area (Å²) in [5.41, 5.74) is 10.7. The zero-order valence-corrected chi connectivity index (χ0v) is 17.3. The van der Waals surface area contributed by atoms with Gasteiger partial charge in [-0.1, -0.05) is 30.3 Å². The van der Waals surface area contributed by atoms with Crippen molar-refractivity contribution in [3.63, 3.8) is 0 Å². The van der Waals surface area contributed by atoms with Gasteiger partial charge in [-0.25, -0.2) is 9.97 Å². The van der Waals surface area contributed by atoms with E-state index in [1.165, 1.54) is 6.08 Å². The molecule has 0 radical (unpaired) electrons. The van der Waals surface area contributed by atoms with E-state index in [1.807, 2.05) is 54.6 Å². The molecule has 4 aromatic rings. The SMILES string of the molecule is Nc1ccccc1NC(=O)/C=C/c1cccc(CNc2nccc(-c3cccnc3)n2)c1. The second kappa shape index (κ2) is 9.99. The lowest BCUT2D eigenvalue weighted by molar-refractivity contribution is -0.111. The highest BCUT2D eigenvalue weighted by molar-refractivity contribution is 6.03. The van der Waals surface area contributed by atoms with Crippen LogP contribution < -0.4 is 16.4 Å². The summed E-state index contributed by atoms with van der Waals surface area (Å²) in [5.74, 6) is 0.291. The highest BCUT2D eigenvalue weighted by Crippen LogP contribution is 2.18. The summed E-state index contributed by atoms with van der Waals surface area (Å²) in [5, 5.41) is 6.02. The third-order valence-corrected chi connectivity index (χ3v) is 4.66. The van der Waals surface area contributed by atoms with E-state index in [0.717, 1.165) is 22.4 Å². The van der Waals surface area contributed by atoms with Crippen LogP contribution in [-0.4, -0.2) is 20.9 Å². The predicted molar refractivity (Wildman–Crippen MR) is 128 cm³/mol. The number of hydrogen-bond acceptors (Lipinski definition) is 6. The molecule has 7 nitrogen and oxygen atoms in total. The number of carbonyl (C=O) groups excluding carboxylic acids is 1. The molecule has 0 aliphatic rings. The minimum atomic E-state index is -0.243. The lowest BCUT2D eigenvalue weighted by Crippen LogP contribution is -2.09. The van der Waals surface area contributed by atoms with Gasteiger partial charge < -0.3 is 16.4 Å². The van der Waals surface area contributed by atoms with Gasteiger partial charge in [-0.3, -0.25) is 9.78 Å². The lowest BCUT2D eigenvalue weighted by atomic mass is 10.1. The van der Waals surface area contributed by atoms with E-state index in [4.69, 9.17) is 5.73 Å². The first-order valence-corrected chi connectivity index (χ1v) is 10.1. The number of nitrogens with zero attached hydrogens (tertiary/aromatic N) is 3. The Balaban J connectivity index is 1.38. The monoisotopic (exact) mass is 422 g/mol. The maximum absolute atomic E-state index is 12.2. The molecule has 0 unspecified atom stereocenters. The lowest BCUT2D eigenvalue weighted by Gasteiger charge is -2.07. The topological polar surface area (TPSA) is 106 Å². The van der Waals surface area contributed by atoms with E-state index >= 15 is 0 Å². The van der Waals surface area contributed by atoms with Crippen LogP contribution in [0.15, 0.2) is 91.4 Å². The Morgan fingerprint density at radius 2 is 1.91 bits per heavy atom. The normalized spacial score (nSPS) is 10.8. The summed E-state index contributed by atoms with van der Waals surface area (Å²) in [6.45, 7) is 0.547. The summed E-state index contributed by atoms with van der Waals surface area (Å²) < 4.78 is 0. The van der Waals surface area contributed by atoms with Crippen molar-refractivity contribution < 1.29 is 4.79 Å². The molecule has 4 rings (SSSR count). The second-order valence-electron chi connectivity index (χ2n) is 7.02. The van der Waals surface area contributed by atoms with E-state index < -0.39 is 0 Å². The number of rotatable bonds is 7. The molecule has 0 spiro atoms. The number of benzene rings is 2. The number of para-hydroxylation sites is 2. The number of nitrogen functional groups attached to an aromatic ring is 1. The van der Waals surface area contributed by atoms with Gasteiger partial charge in [0.15, 0.2) is 0 Å². The van der Waals surface area contributed by atoms with E-state index in [2.05, 4.69) is 25.6 Å². The predicted octanol–water partition coefficient (Wildman–Crippen LogP) is 4.38. The van der Waals surface area contributed by atoms with Gasteiger partial charge >= 0.3 is 0 Å². The Kier molecular flexibility index (Phi) is 6.48. The Bertz CT molecular complexity index is 1240. The summed E-state index contributed by atoms with van der Waals surface area (Å²) in [6, 6.07) is 20.7. The third-order valence-electron chi connectivity index (χ3n) is 4.66. The van der Waals surface area contributed by atoms with Crippen molar-refractivity contribution in [1.82, 2.24) is 15.0 Å². The highest BCUT2D eigenvalue weighted by Gasteiger charge is 2.04. The van der Waals surface area contributed by atoms with E-state index in [0.29, 0.717) is 23.9 Å². The number of pyridine rings is 1. The number of carbonyl (C=O) groups is 1. The minimum Gasteiger partial charge on any atom is -0.397 e. The van der Waals surface area contributed by atoms with Gasteiger partial charge in [-0.2, -0.15) is 0 Å². The average molecular weight is 422 g/mol. The van der Waals surface area contributed by atoms with Crippen LogP contribution in [0.25, 0.3) is 17.3 Å². The van der Waals surface area contributed by atoms with Gasteiger partial charge in [-0.15, -0.1) is 0 Å². The summed E-state index contributed by atoms with van der Waals surface area (Å²) in [7, 11) is 0. The molecular formula is C25H22N6O. The van der Waals surface area contributed by atoms with Crippen molar-refractivity contribution in [3.05, 3.63) is 103 Å². The maximum atomic E-state index is 12.2. The molecule has 2 aromatic heterocycles. The van der Waals surface area contributed by atoms with Crippen molar-refractivity contribution in [2.45, 2.75) is 6.54 Å². The fourth-order valence-corrected chi connectivity index (χ4v) is 3.06. The van der Waals surface area contributed by atoms with E-state index in [1.54, 1.807) is 36.8 Å². The van der Waals surface area contributed by atoms with Crippen LogP contribution in [0.1, 0.15) is 11.1 Å². The second-order valence-corrected chi connectivity index (χ2v) is 7.02. The first-order valence-electron chi connectivity index (χ1n) is 10.1. The van der Waals surface area contributed by atoms with Gasteiger partial charge in [0.2, 0.25) is 11.9 Å². The largest absolute Gasteiger partial charge is 0.397 e. The number of hydrogen-bond donors (Lipinski definition) is 3. The zero-order valence-electron chi connectivity index (χ0n) is 17.3. The summed E-state index contributed by atoms with van der Waals surface area (Å²) in [6.07, 6.45) is 8.46. The van der Waals surface area contributed by atoms with Crippen LogP contribution in [0.4, 0.5) is 17.3 Å². The van der Waals surface area contributed by atoms with E-state index in [9.17, 15) is 4.79 Å². The van der Waals surface area contributed by atoms with Crippen LogP contribution in [0.5, 0.6) is 0 Å². The minimum absolute atomic E-state index is 0.243. The van der Waals surface area contributed by atoms with Crippen molar-refractivity contribution in [3.8, 4) is 11.3 Å². The Morgan fingerprint density at radius 1 is 1.00 bits per heavy atom. The first-order chi connectivity index (χ1) is 15.7. The number of aromatic nitrogens is 3. The van der Waals surface area contributed by atoms with Gasteiger partial charge in [0, 0.05) is 36.8 Å². The molecule has 4 N–H and O–H groups in total. The van der Waals surface area contributed by atoms with Gasteiger partial charge in [-0.05, 0) is 53.6 Å². The van der Waals surface area contributed by atoms with Crippen LogP contribution in [0, 0.1) is 0 Å². The fraction of sp³-hybridized carbons (Fsp3) is 0.0400. The van der Waals surface area contributed by atoms with Crippen LogP contribution in [-0.2, 0) is 11.3 Å². The smallest absolute Gasteiger partial charge is 0.248 e. The van der Waals surface area contributed by atoms with Gasteiger partial charge in [0.25, 0.3) is 0 Å². The standard InChI is InChI=1S/C25H22N6O/c26-21-8-1-2-9-23(21)30-24(32)11-10-18-5-3-6-19(15-18)16-29-25-28-14-12-22(31-25)20-7-4-13-27-17-20/h1-15,17H,16,26H2,(H,30,32)(H,28,29,31)/b11-10+. The Morgan fingerprint density at radius 3 is 2.75 bits per heavy atom. The van der Waals surface area contributed by atoms with E-state index in [-0.39, 0.29) is 5.91 Å². The number of anilines is 3. The molecular weight excluding hydrogens is 400 g/mol. The quantitative estimate of drug-likeness (QED) is 0.301. The molecule has 0 aliphatic carbocycles. The average Bonchev–Trinajstić information content (AvgIpc) is 2.84. The molecule has 0 saturated carbocycles. The zero-order chi connectivity index (χ0) is 22.2. The molecule has 0 fully saturated rings. The van der Waals surface area contributed by atoms with Crippen LogP contribution in [0.2, 0.25) is 0 Å². The number of amides is 1. The third kappa shape index (κ3) is 5.54. The molecule has 7 heteroatoms. The van der Waals surface area contributed by atoms with Crippen LogP contribution >= 0.6 is 0 Å². The van der Waals surface area contributed by atoms with Gasteiger partial charge in [0.1, 0.15) is 0 Å². The Hall–Kier alpha value is -4.52. The molecule has 2 heterocycles. The molecule has 2 aromatic carbocycles. The summed E-state index contributed by atoms with van der Waals surface area (Å²) >= 11 is 0. The number of nitrogens with two attached hydrogens (primary N) is 1. The van der Waals surface area contributed by atoms with Gasteiger partial charge in [0.05, 0.1) is 17.1 Å². The Labute approximate surface area is 186 Å². The van der Waals surface area contributed by atoms with Crippen molar-refractivity contribution >= 4 is 29.3 Å². The highest BCUT2D eigenvalue weighted by atomic mass is 16.1. The van der Waals surface area contributed by atoms with Crippen molar-refractivity contribution in [2.24, 2.45) is 0 Å². The van der Waals surface area contributed by atoms with Crippen LogP contribution in [0.3, 0.4) is 0 Å². The number of nitrogens with one attached hydrogen (secondary N) is 2. The molecule has 32 heavy (non-hydrogen) atoms. The molecule has 1 amide bonds. The maximum Gasteiger partial charge on any atom is 0.248 e.